The molecule has 21 rings (SSSR count). The van der Waals surface area contributed by atoms with Crippen molar-refractivity contribution in [2.45, 2.75) is 197 Å². The number of aromatic nitrogens is 12. The highest BCUT2D eigenvalue weighted by Gasteiger charge is 2.51. The molecular formula is C98H127ClF2N24O13. The van der Waals surface area contributed by atoms with Crippen LogP contribution in [0.3, 0.4) is 0 Å². The summed E-state index contributed by atoms with van der Waals surface area (Å²) in [6.07, 6.45) is 19.1. The van der Waals surface area contributed by atoms with Crippen molar-refractivity contribution in [1.29, 1.82) is 0 Å². The van der Waals surface area contributed by atoms with Crippen molar-refractivity contribution < 1.29 is 70.7 Å². The summed E-state index contributed by atoms with van der Waals surface area (Å²) < 4.78 is 76.5. The summed E-state index contributed by atoms with van der Waals surface area (Å²) in [5, 5.41) is 46.1. The molecule has 13 N–H and O–H groups in total. The maximum Gasteiger partial charge on any atom is 0.251 e. The third-order valence-corrected chi connectivity index (χ3v) is 26.5. The fourth-order valence-corrected chi connectivity index (χ4v) is 18.6. The number of benzene rings is 1. The van der Waals surface area contributed by atoms with Gasteiger partial charge in [0.25, 0.3) is 35.4 Å². The van der Waals surface area contributed by atoms with E-state index in [2.05, 4.69) is 129 Å². The highest BCUT2D eigenvalue weighted by atomic mass is 35.5. The second-order valence-electron chi connectivity index (χ2n) is 38.3. The lowest BCUT2D eigenvalue weighted by Crippen LogP contribution is -2.57. The number of morpholine rings is 6. The first-order valence-corrected chi connectivity index (χ1v) is 47.8. The van der Waals surface area contributed by atoms with E-state index >= 15 is 0 Å². The normalized spacial score (nSPS) is 20.9. The fourth-order valence-electron chi connectivity index (χ4n) is 18.3. The van der Waals surface area contributed by atoms with Crippen LogP contribution in [0.25, 0.3) is 38.5 Å². The van der Waals surface area contributed by atoms with Crippen molar-refractivity contribution in [2.24, 2.45) is 0 Å². The monoisotopic (exact) mass is 1920 g/mol. The third kappa shape index (κ3) is 22.2. The molecule has 6 saturated heterocycles. The van der Waals surface area contributed by atoms with Gasteiger partial charge < -0.3 is 106 Å². The van der Waals surface area contributed by atoms with Crippen LogP contribution in [0.1, 0.15) is 164 Å². The number of imidazole rings is 5. The fraction of sp³-hybridized carbons (Fsp3) is 0.510. The van der Waals surface area contributed by atoms with Crippen molar-refractivity contribution in [3.8, 4) is 5.75 Å². The van der Waals surface area contributed by atoms with Gasteiger partial charge in [0.2, 0.25) is 0 Å². The van der Waals surface area contributed by atoms with Gasteiger partial charge in [0.15, 0.2) is 0 Å². The van der Waals surface area contributed by atoms with Gasteiger partial charge in [-0.05, 0) is 187 Å². The van der Waals surface area contributed by atoms with Crippen LogP contribution in [0.2, 0.25) is 5.02 Å². The van der Waals surface area contributed by atoms with Crippen LogP contribution in [-0.2, 0) is 90.4 Å². The van der Waals surface area contributed by atoms with Gasteiger partial charge in [-0.15, -0.1) is 0 Å². The highest BCUT2D eigenvalue weighted by Crippen LogP contribution is 2.47. The molecule has 40 heteroatoms. The average molecular weight is 1920 g/mol. The van der Waals surface area contributed by atoms with E-state index < -0.39 is 58.8 Å². The molecule has 6 aliphatic heterocycles. The van der Waals surface area contributed by atoms with Crippen molar-refractivity contribution >= 4 is 85.5 Å². The maximum absolute atomic E-state index is 14.4. The van der Waals surface area contributed by atoms with Crippen LogP contribution >= 0.6 is 11.6 Å². The van der Waals surface area contributed by atoms with Gasteiger partial charge in [-0.1, -0.05) is 35.9 Å². The lowest BCUT2D eigenvalue weighted by Gasteiger charge is -2.42. The van der Waals surface area contributed by atoms with Crippen molar-refractivity contribution in [3.05, 3.63) is 202 Å². The van der Waals surface area contributed by atoms with E-state index in [4.69, 9.17) is 49.7 Å². The summed E-state index contributed by atoms with van der Waals surface area (Å²) in [5.74, 6) is 3.53. The van der Waals surface area contributed by atoms with Crippen LogP contribution in [0.15, 0.2) is 128 Å². The molecule has 0 spiro atoms. The number of fused-ring (bicyclic) bond motifs is 6. The maximum atomic E-state index is 14.4. The number of H-pyrrole nitrogens is 1. The Morgan fingerprint density at radius 1 is 0.442 bits per heavy atom. The summed E-state index contributed by atoms with van der Waals surface area (Å²) >= 11 is 6.15. The van der Waals surface area contributed by atoms with Crippen LogP contribution < -0.4 is 68.5 Å². The number of rotatable bonds is 20. The molecule has 9 fully saturated rings. The summed E-state index contributed by atoms with van der Waals surface area (Å²) in [5.41, 5.74) is 5.83. The van der Waals surface area contributed by atoms with Crippen molar-refractivity contribution in [1.82, 2.24) is 121 Å². The lowest BCUT2D eigenvalue weighted by atomic mass is 9.75. The van der Waals surface area contributed by atoms with Gasteiger partial charge in [0.05, 0.1) is 132 Å². The number of methoxy groups -OCH3 is 1. The molecule has 9 aliphatic rings. The zero-order valence-corrected chi connectivity index (χ0v) is 81.0. The lowest BCUT2D eigenvalue weighted by molar-refractivity contribution is -0.138. The molecule has 37 nitrogen and oxygen atoms in total. The molecule has 138 heavy (non-hydrogen) atoms. The Bertz CT molecular complexity index is 6230. The molecule has 3 saturated carbocycles. The van der Waals surface area contributed by atoms with E-state index in [1.54, 1.807) is 59.6 Å². The Morgan fingerprint density at radius 2 is 0.826 bits per heavy atom. The van der Waals surface area contributed by atoms with Crippen molar-refractivity contribution in [3.63, 3.8) is 0 Å². The van der Waals surface area contributed by atoms with E-state index in [1.807, 2.05) is 127 Å². The third-order valence-electron chi connectivity index (χ3n) is 26.2. The molecular weight excluding hydrogens is 1790 g/mol. The Labute approximate surface area is 803 Å². The van der Waals surface area contributed by atoms with Gasteiger partial charge >= 0.3 is 0 Å². The van der Waals surface area contributed by atoms with Gasteiger partial charge in [0.1, 0.15) is 105 Å². The molecule has 6 amide bonds. The number of para-hydroxylation sites is 1. The number of aromatic amines is 1. The minimum atomic E-state index is -0.761. The zero-order chi connectivity index (χ0) is 97.4. The molecule has 1 aromatic carbocycles. The molecule has 3 aliphatic carbocycles. The predicted octanol–water partition coefficient (Wildman–Crippen LogP) is 6.91. The summed E-state index contributed by atoms with van der Waals surface area (Å²) in [6, 6.07) is 23.7. The van der Waals surface area contributed by atoms with E-state index in [1.165, 1.54) is 23.3 Å². The van der Waals surface area contributed by atoms with Crippen LogP contribution in [0, 0.1) is 32.4 Å². The SMILES string of the molecule is CC(C)(NC(=O)[C@@H]1CNCCO1)c1[nH]nc2c(Cl)cccc12.CC(C)(NC(=O)[C@@H]1CNCCO1)c1nc(C2CC2)c2c(F)cccn12.COc1cccn2c(C(C)(C)NC(=O)[C@@H]3CNCCO3)ncc12.Cc1cccn2c(C3(NC(=O)[C@@H]4CNCCO4)CC3)ncc12.Cc1cccn2c(C3(NC(=O)[C@@H]4CNCCO4)CCC3)ncc12.Cc1nc(C(C)(C)NC(=O)[C@@H]2CNCCO2)n2cccc(F)c12. The molecule has 0 bridgehead atoms. The number of carbonyl (C=O) groups is 6. The largest absolute Gasteiger partial charge is 0.494 e. The first-order chi connectivity index (χ1) is 66.3. The number of ether oxygens (including phenoxy) is 7. The predicted molar refractivity (Wildman–Crippen MR) is 513 cm³/mol. The number of carbonyl (C=O) groups excluding carboxylic acids is 6. The Hall–Kier alpha value is -11.6. The zero-order valence-electron chi connectivity index (χ0n) is 80.2. The second-order valence-corrected chi connectivity index (χ2v) is 38.7. The Kier molecular flexibility index (Phi) is 30.7. The number of aryl methyl sites for hydroxylation is 3. The van der Waals surface area contributed by atoms with Gasteiger partial charge in [-0.25, -0.2) is 33.7 Å². The molecule has 0 unspecified atom stereocenters. The standard InChI is InChI=1S/C18H23FN4O2.C17H22N4O2.C16H21FN4O2.C16H22N4O3.C16H20N4O2.C15H19ClN4O2/c1-18(2,22-16(24)13-10-20-7-9-25-13)17-21-14(11-5-6-11)15-12(19)4-3-8-23(15)17;1-12-4-2-8-21-13(12)10-19-16(21)17(5-3-6-17)20-15(22)14-11-18-7-9-23-14;1-10-13-11(17)5-4-7-21(13)15(19-10)16(2,3)20-14(22)12-9-18-6-8-23-12;1-16(2,19-14(21)13-10-17-6-8-23-13)15-18-9-11-12(22-3)5-4-7-20(11)15;1-11-3-2-7-20-12(11)9-18-15(20)16(4-5-16)19-14(21)13-10-17-6-8-22-13;1-15(2,18-14(21)11-8-17-6-7-22-11)13-9-4-3-5-10(16)12(9)19-20-13/h3-4,8,11,13,20H,5-7,9-10H2,1-2H3,(H,22,24);2,4,8,10,14,18H,3,5-7,9,11H2,1H3,(H,20,22);4-5,7,12,18H,6,8-9H2,1-3H3,(H,20,22);4-5,7,9,13,17H,6,8,10H2,1-3H3,(H,19,21);2-3,7,9,13,17H,4-6,8,10H2,1H3,(H,19,21);3-5,11,17H,6-8H2,1-2H3,(H,18,21)(H,19,20)/t13-;14-;12-;2*13-;11-/m000000/s1. The van der Waals surface area contributed by atoms with E-state index in [0.717, 1.165) is 141 Å². The molecule has 12 aromatic rings. The molecule has 6 atom stereocenters. The second kappa shape index (κ2) is 42.6. The van der Waals surface area contributed by atoms with Crippen molar-refractivity contribution in [2.75, 3.05) is 125 Å². The minimum Gasteiger partial charge on any atom is -0.494 e. The van der Waals surface area contributed by atoms with Crippen LogP contribution in [-0.4, -0.2) is 254 Å². The molecule has 0 radical (unpaired) electrons. The van der Waals surface area contributed by atoms with Crippen LogP contribution in [0.4, 0.5) is 8.78 Å². The average Bonchev–Trinajstić information content (AvgIpc) is 1.56. The number of halogens is 3. The molecule has 11 aromatic heterocycles. The topological polar surface area (TPSA) is 427 Å². The van der Waals surface area contributed by atoms with Crippen LogP contribution in [0.5, 0.6) is 5.75 Å². The summed E-state index contributed by atoms with van der Waals surface area (Å²) in [6.45, 7) is 32.2. The van der Waals surface area contributed by atoms with Gasteiger partial charge in [-0.3, -0.25) is 47.1 Å². The Morgan fingerprint density at radius 3 is 1.25 bits per heavy atom. The van der Waals surface area contributed by atoms with Gasteiger partial charge in [0, 0.05) is 121 Å². The summed E-state index contributed by atoms with van der Waals surface area (Å²) in [7, 11) is 1.63. The Balaban J connectivity index is 0.000000120. The number of amides is 6. The van der Waals surface area contributed by atoms with E-state index in [-0.39, 0.29) is 58.2 Å². The van der Waals surface area contributed by atoms with Gasteiger partial charge in [-0.2, -0.15) is 5.10 Å². The number of nitrogens with zero attached hydrogens (tertiary/aromatic N) is 11. The quantitative estimate of drug-likeness (QED) is 0.0368. The van der Waals surface area contributed by atoms with E-state index in [0.29, 0.717) is 124 Å². The number of pyridine rings is 5. The number of hydrogen-bond donors (Lipinski definition) is 13. The van der Waals surface area contributed by atoms with E-state index in [9.17, 15) is 37.5 Å². The minimum absolute atomic E-state index is 0.0405. The highest BCUT2D eigenvalue weighted by molar-refractivity contribution is 6.35. The smallest absolute Gasteiger partial charge is 0.251 e. The number of nitrogens with one attached hydrogen (secondary N) is 13. The molecule has 738 valence electrons. The number of hydrogen-bond acceptors (Lipinski definition) is 25. The summed E-state index contributed by atoms with van der Waals surface area (Å²) in [4.78, 5) is 97.7. The first kappa shape index (κ1) is 99.4. The molecule has 17 heterocycles. The first-order valence-electron chi connectivity index (χ1n) is 47.4.